The number of pyridine rings is 1. The van der Waals surface area contributed by atoms with Crippen LogP contribution in [0.25, 0.3) is 5.69 Å². The van der Waals surface area contributed by atoms with Gasteiger partial charge in [-0.15, -0.1) is 10.2 Å². The summed E-state index contributed by atoms with van der Waals surface area (Å²) in [5.41, 5.74) is 2.11. The fraction of sp³-hybridized carbons (Fsp3) is 0.435. The van der Waals surface area contributed by atoms with Gasteiger partial charge in [0, 0.05) is 29.6 Å². The van der Waals surface area contributed by atoms with Crippen LogP contribution in [0.3, 0.4) is 0 Å². The SMILES string of the molecule is FC[C@H]1Cc2cc(Cl)ccc2-n2c(nnc2C2CCC(Oc3ccccn3)CC2)C1. The summed E-state index contributed by atoms with van der Waals surface area (Å²) in [6, 6.07) is 11.6. The molecular weight excluding hydrogens is 403 g/mol. The van der Waals surface area contributed by atoms with Crippen molar-refractivity contribution in [1.82, 2.24) is 19.7 Å². The van der Waals surface area contributed by atoms with Crippen LogP contribution in [-0.4, -0.2) is 32.5 Å². The van der Waals surface area contributed by atoms with Gasteiger partial charge in [-0.1, -0.05) is 17.7 Å². The molecule has 0 radical (unpaired) electrons. The van der Waals surface area contributed by atoms with Gasteiger partial charge < -0.3 is 4.74 Å². The zero-order chi connectivity index (χ0) is 20.5. The second kappa shape index (κ2) is 8.34. The lowest BCUT2D eigenvalue weighted by Crippen LogP contribution is -2.25. The predicted molar refractivity (Wildman–Crippen MR) is 113 cm³/mol. The smallest absolute Gasteiger partial charge is 0.213 e. The molecule has 2 aliphatic rings. The topological polar surface area (TPSA) is 52.8 Å². The van der Waals surface area contributed by atoms with Gasteiger partial charge in [0.1, 0.15) is 17.8 Å². The van der Waals surface area contributed by atoms with Crippen LogP contribution in [0.5, 0.6) is 5.88 Å². The van der Waals surface area contributed by atoms with E-state index < -0.39 is 0 Å². The van der Waals surface area contributed by atoms with Crippen molar-refractivity contribution in [2.75, 3.05) is 6.67 Å². The van der Waals surface area contributed by atoms with Crippen molar-refractivity contribution in [3.63, 3.8) is 0 Å². The summed E-state index contributed by atoms with van der Waals surface area (Å²) >= 11 is 6.24. The molecule has 1 aliphatic carbocycles. The first-order chi connectivity index (χ1) is 14.7. The molecule has 3 aromatic rings. The van der Waals surface area contributed by atoms with Gasteiger partial charge >= 0.3 is 0 Å². The molecule has 1 saturated carbocycles. The number of nitrogens with zero attached hydrogens (tertiary/aromatic N) is 4. The van der Waals surface area contributed by atoms with Crippen LogP contribution in [-0.2, 0) is 12.8 Å². The highest BCUT2D eigenvalue weighted by atomic mass is 35.5. The fourth-order valence-corrected chi connectivity index (χ4v) is 4.90. The molecule has 0 bridgehead atoms. The molecule has 1 fully saturated rings. The molecule has 5 nitrogen and oxygen atoms in total. The molecule has 0 unspecified atom stereocenters. The highest BCUT2D eigenvalue weighted by Crippen LogP contribution is 2.37. The highest BCUT2D eigenvalue weighted by Gasteiger charge is 2.31. The van der Waals surface area contributed by atoms with Gasteiger partial charge in [-0.25, -0.2) is 4.98 Å². The summed E-state index contributed by atoms with van der Waals surface area (Å²) in [4.78, 5) is 4.27. The van der Waals surface area contributed by atoms with Crippen LogP contribution in [0, 0.1) is 5.92 Å². The Hall–Kier alpha value is -2.47. The monoisotopic (exact) mass is 426 g/mol. The van der Waals surface area contributed by atoms with Crippen LogP contribution in [0.1, 0.15) is 48.8 Å². The third kappa shape index (κ3) is 3.81. The molecule has 0 N–H and O–H groups in total. The van der Waals surface area contributed by atoms with E-state index in [4.69, 9.17) is 16.3 Å². The van der Waals surface area contributed by atoms with Gasteiger partial charge in [0.05, 0.1) is 12.4 Å². The number of ether oxygens (including phenoxy) is 1. The summed E-state index contributed by atoms with van der Waals surface area (Å²) in [6.07, 6.45) is 7.03. The van der Waals surface area contributed by atoms with Gasteiger partial charge in [-0.05, 0) is 67.9 Å². The average Bonchev–Trinajstić information content (AvgIpc) is 3.11. The Labute approximate surface area is 180 Å². The molecular formula is C23H24ClFN4O. The first-order valence-electron chi connectivity index (χ1n) is 10.6. The minimum Gasteiger partial charge on any atom is -0.474 e. The molecule has 5 rings (SSSR count). The van der Waals surface area contributed by atoms with Crippen LogP contribution in [0.2, 0.25) is 5.02 Å². The molecule has 2 aromatic heterocycles. The van der Waals surface area contributed by atoms with E-state index >= 15 is 0 Å². The largest absolute Gasteiger partial charge is 0.474 e. The van der Waals surface area contributed by atoms with Gasteiger partial charge in [0.15, 0.2) is 0 Å². The van der Waals surface area contributed by atoms with E-state index in [0.29, 0.717) is 29.7 Å². The van der Waals surface area contributed by atoms with Crippen molar-refractivity contribution in [3.8, 4) is 11.6 Å². The average molecular weight is 427 g/mol. The number of halogens is 2. The Kier molecular flexibility index (Phi) is 5.42. The number of aromatic nitrogens is 4. The molecule has 7 heteroatoms. The van der Waals surface area contributed by atoms with Gasteiger partial charge in [-0.3, -0.25) is 8.96 Å². The van der Waals surface area contributed by atoms with Crippen LogP contribution >= 0.6 is 11.6 Å². The van der Waals surface area contributed by atoms with Crippen LogP contribution in [0.15, 0.2) is 42.6 Å². The van der Waals surface area contributed by atoms with Crippen LogP contribution < -0.4 is 4.74 Å². The van der Waals surface area contributed by atoms with E-state index in [-0.39, 0.29) is 18.7 Å². The summed E-state index contributed by atoms with van der Waals surface area (Å²) in [6.45, 7) is -0.371. The van der Waals surface area contributed by atoms with Crippen molar-refractivity contribution in [1.29, 1.82) is 0 Å². The molecule has 30 heavy (non-hydrogen) atoms. The molecule has 156 valence electrons. The summed E-state index contributed by atoms with van der Waals surface area (Å²) < 4.78 is 21.8. The molecule has 0 amide bonds. The van der Waals surface area contributed by atoms with E-state index in [1.54, 1.807) is 6.20 Å². The Morgan fingerprint density at radius 3 is 2.70 bits per heavy atom. The van der Waals surface area contributed by atoms with Gasteiger partial charge in [-0.2, -0.15) is 0 Å². The maximum Gasteiger partial charge on any atom is 0.213 e. The lowest BCUT2D eigenvalue weighted by Gasteiger charge is -2.28. The minimum absolute atomic E-state index is 0.0944. The van der Waals surface area contributed by atoms with Crippen molar-refractivity contribution in [3.05, 3.63) is 64.8 Å². The quantitative estimate of drug-likeness (QED) is 0.582. The van der Waals surface area contributed by atoms with Gasteiger partial charge in [0.25, 0.3) is 0 Å². The number of hydrogen-bond acceptors (Lipinski definition) is 4. The number of fused-ring (bicyclic) bond motifs is 3. The van der Waals surface area contributed by atoms with Crippen LogP contribution in [0.4, 0.5) is 4.39 Å². The van der Waals surface area contributed by atoms with Crippen molar-refractivity contribution < 1.29 is 9.13 Å². The lowest BCUT2D eigenvalue weighted by molar-refractivity contribution is 0.139. The zero-order valence-corrected chi connectivity index (χ0v) is 17.4. The third-order valence-electron chi connectivity index (χ3n) is 6.20. The lowest BCUT2D eigenvalue weighted by atomic mass is 9.86. The Balaban J connectivity index is 1.39. The van der Waals surface area contributed by atoms with E-state index in [2.05, 4.69) is 19.7 Å². The van der Waals surface area contributed by atoms with E-state index in [0.717, 1.165) is 48.6 Å². The summed E-state index contributed by atoms with van der Waals surface area (Å²) in [5.74, 6) is 2.72. The zero-order valence-electron chi connectivity index (χ0n) is 16.7. The Morgan fingerprint density at radius 2 is 1.93 bits per heavy atom. The number of alkyl halides is 1. The second-order valence-electron chi connectivity index (χ2n) is 8.27. The normalized spacial score (nSPS) is 23.3. The first-order valence-corrected chi connectivity index (χ1v) is 11.0. The van der Waals surface area contributed by atoms with E-state index in [1.165, 1.54) is 0 Å². The van der Waals surface area contributed by atoms with Gasteiger partial charge in [0.2, 0.25) is 5.88 Å². The standard InChI is InChI=1S/C23H24ClFN4O/c24-18-6-9-20-17(13-18)11-15(14-25)12-21-27-28-23(29(20)21)16-4-7-19(8-5-16)30-22-3-1-2-10-26-22/h1-3,6,9-10,13,15-16,19H,4-5,7-8,11-12,14H2/t15-,16?,19?/m0/s1. The summed E-state index contributed by atoms with van der Waals surface area (Å²) in [7, 11) is 0. The molecule has 1 aromatic carbocycles. The first kappa shape index (κ1) is 19.5. The Bertz CT molecular complexity index is 1020. The molecule has 1 atom stereocenters. The molecule has 3 heterocycles. The number of rotatable bonds is 4. The molecule has 0 saturated heterocycles. The number of benzene rings is 1. The third-order valence-corrected chi connectivity index (χ3v) is 6.44. The molecule has 0 spiro atoms. The minimum atomic E-state index is -0.371. The number of hydrogen-bond donors (Lipinski definition) is 0. The van der Waals surface area contributed by atoms with Crippen molar-refractivity contribution in [2.45, 2.75) is 50.5 Å². The fourth-order valence-electron chi connectivity index (χ4n) is 4.70. The predicted octanol–water partition coefficient (Wildman–Crippen LogP) is 5.11. The van der Waals surface area contributed by atoms with Crippen molar-refractivity contribution >= 4 is 11.6 Å². The molecule has 1 aliphatic heterocycles. The van der Waals surface area contributed by atoms with E-state index in [9.17, 15) is 4.39 Å². The maximum absolute atomic E-state index is 13.6. The maximum atomic E-state index is 13.6. The van der Waals surface area contributed by atoms with Crippen molar-refractivity contribution in [2.24, 2.45) is 5.92 Å². The Morgan fingerprint density at radius 1 is 1.07 bits per heavy atom. The van der Waals surface area contributed by atoms with E-state index in [1.807, 2.05) is 36.4 Å². The second-order valence-corrected chi connectivity index (χ2v) is 8.71. The highest BCUT2D eigenvalue weighted by molar-refractivity contribution is 6.30. The summed E-state index contributed by atoms with van der Waals surface area (Å²) in [5, 5.41) is 9.71.